The lowest BCUT2D eigenvalue weighted by Crippen LogP contribution is -2.51. The Morgan fingerprint density at radius 1 is 1.15 bits per heavy atom. The second-order valence-corrected chi connectivity index (χ2v) is 13.6. The third-order valence-electron chi connectivity index (χ3n) is 11.9. The van der Waals surface area contributed by atoms with Crippen LogP contribution in [0.5, 0.6) is 0 Å². The molecule has 0 aromatic heterocycles. The summed E-state index contributed by atoms with van der Waals surface area (Å²) in [6.07, 6.45) is 16.2. The number of allylic oxidation sites excluding steroid dienone is 2. The van der Waals surface area contributed by atoms with Crippen molar-refractivity contribution in [2.45, 2.75) is 117 Å². The quantitative estimate of drug-likeness (QED) is 0.458. The molecule has 0 radical (unpaired) electrons. The number of ketones is 1. The first-order valence-corrected chi connectivity index (χ1v) is 13.9. The van der Waals surface area contributed by atoms with Gasteiger partial charge in [-0.3, -0.25) is 4.79 Å². The molecule has 8 atom stereocenters. The van der Waals surface area contributed by atoms with Crippen molar-refractivity contribution in [3.05, 3.63) is 11.6 Å². The molecule has 3 nitrogen and oxygen atoms in total. The van der Waals surface area contributed by atoms with E-state index in [1.54, 1.807) is 5.57 Å². The second-order valence-electron chi connectivity index (χ2n) is 13.6. The van der Waals surface area contributed by atoms with E-state index in [9.17, 15) is 15.2 Å². The van der Waals surface area contributed by atoms with Crippen molar-refractivity contribution < 1.29 is 9.90 Å². The molecule has 5 aliphatic carbocycles. The highest BCUT2D eigenvalue weighted by atomic mass is 16.3. The molecule has 0 aromatic rings. The van der Waals surface area contributed by atoms with Gasteiger partial charge in [-0.25, -0.2) is 0 Å². The Morgan fingerprint density at radius 2 is 1.91 bits per heavy atom. The topological polar surface area (TPSA) is 61.1 Å². The number of fused-ring (bicyclic) bond motifs is 5. The highest BCUT2D eigenvalue weighted by molar-refractivity contribution is 5.88. The fourth-order valence-corrected chi connectivity index (χ4v) is 9.46. The Morgan fingerprint density at radius 3 is 2.58 bits per heavy atom. The summed E-state index contributed by atoms with van der Waals surface area (Å²) < 4.78 is 0. The molecule has 5 aliphatic rings. The minimum atomic E-state index is -0.636. The minimum Gasteiger partial charge on any atom is -0.390 e. The van der Waals surface area contributed by atoms with Crippen LogP contribution >= 0.6 is 0 Å². The average molecular weight is 452 g/mol. The van der Waals surface area contributed by atoms with Crippen LogP contribution in [-0.2, 0) is 4.79 Å². The maximum Gasteiger partial charge on any atom is 0.153 e. The van der Waals surface area contributed by atoms with Crippen LogP contribution in [0.2, 0.25) is 0 Å². The fourth-order valence-electron chi connectivity index (χ4n) is 9.46. The number of hydrogen-bond acceptors (Lipinski definition) is 3. The van der Waals surface area contributed by atoms with Gasteiger partial charge in [0, 0.05) is 6.42 Å². The molecule has 4 saturated carbocycles. The molecule has 3 heteroatoms. The highest BCUT2D eigenvalue weighted by Gasteiger charge is 2.58. The van der Waals surface area contributed by atoms with Gasteiger partial charge in [-0.1, -0.05) is 32.4 Å². The van der Waals surface area contributed by atoms with Gasteiger partial charge in [-0.05, 0) is 124 Å². The smallest absolute Gasteiger partial charge is 0.153 e. The summed E-state index contributed by atoms with van der Waals surface area (Å²) in [5.41, 5.74) is 1.28. The Balaban J connectivity index is 1.30. The molecule has 0 spiro atoms. The standard InChI is InChI=1S/C30H45NO2/c1-20(6-11-26(32)30(19-31)13-5-14-30)23-9-10-24-22-8-7-21-18-27(2,33)16-17-28(21,3)25(22)12-15-29(23,24)4/h12,20-24,33H,5-11,13-18H2,1-4H3/t20-,21+,22+,23-,24+,27+,28+,29-/m1/s1. The summed E-state index contributed by atoms with van der Waals surface area (Å²) in [7, 11) is 0. The Hall–Kier alpha value is -1.14. The van der Waals surface area contributed by atoms with E-state index >= 15 is 0 Å². The Bertz CT molecular complexity index is 876. The summed E-state index contributed by atoms with van der Waals surface area (Å²) in [4.78, 5) is 12.8. The lowest BCUT2D eigenvalue weighted by atomic mass is 9.47. The summed E-state index contributed by atoms with van der Waals surface area (Å²) in [5.74, 6) is 3.58. The molecular formula is C30H45NO2. The van der Waals surface area contributed by atoms with Gasteiger partial charge in [0.2, 0.25) is 0 Å². The third kappa shape index (κ3) is 3.57. The Kier molecular flexibility index (Phi) is 5.68. The molecule has 0 unspecified atom stereocenters. The lowest BCUT2D eigenvalue weighted by Gasteiger charge is -2.58. The number of carbonyl (C=O) groups is 1. The number of hydrogen-bond donors (Lipinski definition) is 1. The zero-order chi connectivity index (χ0) is 23.6. The van der Waals surface area contributed by atoms with Crippen molar-refractivity contribution in [2.75, 3.05) is 0 Å². The van der Waals surface area contributed by atoms with Crippen LogP contribution in [0, 0.1) is 57.2 Å². The van der Waals surface area contributed by atoms with Crippen LogP contribution < -0.4 is 0 Å². The second kappa shape index (κ2) is 7.94. The highest BCUT2D eigenvalue weighted by Crippen LogP contribution is 2.67. The summed E-state index contributed by atoms with van der Waals surface area (Å²) in [5, 5.41) is 20.3. The molecule has 0 saturated heterocycles. The van der Waals surface area contributed by atoms with Gasteiger partial charge in [0.05, 0.1) is 11.7 Å². The largest absolute Gasteiger partial charge is 0.390 e. The van der Waals surface area contributed by atoms with Crippen LogP contribution in [0.1, 0.15) is 111 Å². The normalized spacial score (nSPS) is 46.6. The first-order chi connectivity index (χ1) is 15.5. The van der Waals surface area contributed by atoms with Gasteiger partial charge >= 0.3 is 0 Å². The van der Waals surface area contributed by atoms with Crippen molar-refractivity contribution in [3.63, 3.8) is 0 Å². The monoisotopic (exact) mass is 451 g/mol. The molecule has 1 N–H and O–H groups in total. The first kappa shape index (κ1) is 23.6. The van der Waals surface area contributed by atoms with Gasteiger partial charge in [0.25, 0.3) is 0 Å². The summed E-state index contributed by atoms with van der Waals surface area (Å²) >= 11 is 0. The molecule has 5 rings (SSSR count). The molecule has 0 bridgehead atoms. The molecule has 0 aliphatic heterocycles. The van der Waals surface area contributed by atoms with Crippen molar-refractivity contribution in [1.82, 2.24) is 0 Å². The van der Waals surface area contributed by atoms with Crippen LogP contribution in [0.15, 0.2) is 11.6 Å². The molecule has 0 amide bonds. The van der Waals surface area contributed by atoms with Crippen molar-refractivity contribution >= 4 is 5.78 Å². The van der Waals surface area contributed by atoms with Gasteiger partial charge < -0.3 is 5.11 Å². The van der Waals surface area contributed by atoms with Crippen molar-refractivity contribution in [2.24, 2.45) is 45.8 Å². The third-order valence-corrected chi connectivity index (χ3v) is 11.9. The van der Waals surface area contributed by atoms with Crippen molar-refractivity contribution in [3.8, 4) is 6.07 Å². The molecule has 33 heavy (non-hydrogen) atoms. The minimum absolute atomic E-state index is 0.216. The van der Waals surface area contributed by atoms with E-state index in [0.29, 0.717) is 29.6 Å². The predicted octanol–water partition coefficient (Wildman–Crippen LogP) is 7.00. The lowest BCUT2D eigenvalue weighted by molar-refractivity contribution is -0.130. The summed E-state index contributed by atoms with van der Waals surface area (Å²) in [6.45, 7) is 9.50. The molecule has 0 heterocycles. The molecule has 182 valence electrons. The maximum absolute atomic E-state index is 12.8. The van der Waals surface area contributed by atoms with E-state index < -0.39 is 11.0 Å². The number of nitrogens with zero attached hydrogens (tertiary/aromatic N) is 1. The zero-order valence-electron chi connectivity index (χ0n) is 21.5. The molecule has 0 aromatic carbocycles. The van der Waals surface area contributed by atoms with E-state index in [0.717, 1.165) is 56.8 Å². The molecule has 4 fully saturated rings. The van der Waals surface area contributed by atoms with Crippen LogP contribution in [0.25, 0.3) is 0 Å². The number of rotatable bonds is 5. The van der Waals surface area contributed by atoms with Gasteiger partial charge in [0.1, 0.15) is 5.41 Å². The van der Waals surface area contributed by atoms with E-state index in [1.165, 1.54) is 32.1 Å². The van der Waals surface area contributed by atoms with Crippen LogP contribution in [0.4, 0.5) is 0 Å². The van der Waals surface area contributed by atoms with Gasteiger partial charge in [-0.2, -0.15) is 5.26 Å². The van der Waals surface area contributed by atoms with E-state index in [1.807, 2.05) is 6.92 Å². The van der Waals surface area contributed by atoms with Gasteiger partial charge in [-0.15, -0.1) is 0 Å². The number of aliphatic hydroxyl groups is 1. The molecular weight excluding hydrogens is 406 g/mol. The SMILES string of the molecule is C[C@H](CCC(=O)C1(C#N)CCC1)[C@H]1CC[C@H]2[C@@H]3CC[C@H]4C[C@@](C)(O)CC[C@]4(C)C3=CC[C@]12C. The van der Waals surface area contributed by atoms with Crippen LogP contribution in [0.3, 0.4) is 0 Å². The first-order valence-electron chi connectivity index (χ1n) is 13.9. The van der Waals surface area contributed by atoms with Crippen LogP contribution in [-0.4, -0.2) is 16.5 Å². The van der Waals surface area contributed by atoms with E-state index in [4.69, 9.17) is 0 Å². The maximum atomic E-state index is 12.8. The zero-order valence-corrected chi connectivity index (χ0v) is 21.5. The Labute approximate surface area is 201 Å². The van der Waals surface area contributed by atoms with E-state index in [-0.39, 0.29) is 11.2 Å². The average Bonchev–Trinajstić information content (AvgIpc) is 3.09. The number of Topliss-reactive ketones (excluding diaryl/α,β-unsaturated/α-hetero) is 1. The number of nitriles is 1. The summed E-state index contributed by atoms with van der Waals surface area (Å²) in [6, 6.07) is 2.35. The number of carbonyl (C=O) groups excluding carboxylic acids is 1. The van der Waals surface area contributed by atoms with E-state index in [2.05, 4.69) is 32.9 Å². The van der Waals surface area contributed by atoms with Gasteiger partial charge in [0.15, 0.2) is 5.78 Å². The van der Waals surface area contributed by atoms with Crippen molar-refractivity contribution in [1.29, 1.82) is 5.26 Å². The predicted molar refractivity (Wildman–Crippen MR) is 131 cm³/mol. The fraction of sp³-hybridized carbons (Fsp3) is 0.867.